The van der Waals surface area contributed by atoms with Crippen LogP contribution in [0.4, 0.5) is 21.2 Å². The van der Waals surface area contributed by atoms with E-state index in [0.717, 1.165) is 29.7 Å². The number of pyridine rings is 2. The molecule has 0 aliphatic carbocycles. The summed E-state index contributed by atoms with van der Waals surface area (Å²) >= 11 is 0. The van der Waals surface area contributed by atoms with E-state index in [2.05, 4.69) is 21.7 Å². The van der Waals surface area contributed by atoms with Gasteiger partial charge < -0.3 is 34.5 Å². The highest BCUT2D eigenvalue weighted by molar-refractivity contribution is 5.95. The number of cyclic esters (lactones) is 1. The lowest BCUT2D eigenvalue weighted by Gasteiger charge is -2.28. The molecule has 47 heavy (non-hydrogen) atoms. The van der Waals surface area contributed by atoms with E-state index in [1.165, 1.54) is 4.90 Å². The number of hydrogen-bond donors (Lipinski definition) is 2. The van der Waals surface area contributed by atoms with Gasteiger partial charge >= 0.3 is 12.2 Å². The van der Waals surface area contributed by atoms with E-state index in [0.29, 0.717) is 62.5 Å². The highest BCUT2D eigenvalue weighted by atomic mass is 16.6. The zero-order chi connectivity index (χ0) is 33.0. The van der Waals surface area contributed by atoms with Gasteiger partial charge in [0.25, 0.3) is 5.91 Å². The third-order valence-corrected chi connectivity index (χ3v) is 7.96. The summed E-state index contributed by atoms with van der Waals surface area (Å²) < 4.78 is 22.5. The Labute approximate surface area is 273 Å². The van der Waals surface area contributed by atoms with Gasteiger partial charge in [0.05, 0.1) is 18.3 Å². The summed E-state index contributed by atoms with van der Waals surface area (Å²) in [4.78, 5) is 49.1. The van der Waals surface area contributed by atoms with E-state index in [4.69, 9.17) is 23.9 Å². The Morgan fingerprint density at radius 1 is 1.11 bits per heavy atom. The SMILES string of the molecule is CC(C)(C)OC(=O)N1CCC[C@@H]1COc1cccc(-c2cccc(CNCC[C@H]3CN(c4ccc5c(n4)NC(=O)CO5)C(=O)O3)c2)n1. The van der Waals surface area contributed by atoms with Gasteiger partial charge in [0.1, 0.15) is 24.1 Å². The van der Waals surface area contributed by atoms with Crippen molar-refractivity contribution >= 4 is 29.7 Å². The predicted molar refractivity (Wildman–Crippen MR) is 173 cm³/mol. The number of rotatable bonds is 10. The van der Waals surface area contributed by atoms with Gasteiger partial charge in [0.2, 0.25) is 5.88 Å². The molecule has 13 heteroatoms. The lowest BCUT2D eigenvalue weighted by Crippen LogP contribution is -2.42. The minimum atomic E-state index is -0.544. The van der Waals surface area contributed by atoms with Crippen LogP contribution in [0.5, 0.6) is 11.6 Å². The Kier molecular flexibility index (Phi) is 9.43. The van der Waals surface area contributed by atoms with Gasteiger partial charge in [-0.2, -0.15) is 0 Å². The van der Waals surface area contributed by atoms with Gasteiger partial charge in [-0.05, 0) is 76.4 Å². The van der Waals surface area contributed by atoms with Crippen LogP contribution in [0.15, 0.2) is 54.6 Å². The van der Waals surface area contributed by atoms with Crippen molar-refractivity contribution in [2.24, 2.45) is 0 Å². The topological polar surface area (TPSA) is 144 Å². The molecule has 3 aromatic rings. The molecular weight excluding hydrogens is 604 g/mol. The fraction of sp³-hybridized carbons (Fsp3) is 0.441. The van der Waals surface area contributed by atoms with Gasteiger partial charge in [0, 0.05) is 24.7 Å². The standard InChI is InChI=1S/C34H40N6O7/c1-34(2,3)47-33(43)39-16-6-9-24(39)20-45-30-11-5-10-26(36-30)23-8-4-7-22(17-23)18-35-15-14-25-19-40(32(42)46-25)28-13-12-27-31(37-28)38-29(41)21-44-27/h4-5,7-8,10-13,17,24-25,35H,6,9,14-16,18-21H2,1-3H3,(H,37,38,41)/t24-,25+/m1/s1. The van der Waals surface area contributed by atoms with E-state index in [1.54, 1.807) is 17.0 Å². The number of benzene rings is 1. The minimum Gasteiger partial charge on any atom is -0.480 e. The number of ether oxygens (including phenoxy) is 4. The maximum atomic E-state index is 12.6. The van der Waals surface area contributed by atoms with Crippen LogP contribution in [0.3, 0.4) is 0 Å². The molecule has 6 rings (SSSR count). The molecule has 3 amide bonds. The Hall–Kier alpha value is -4.91. The van der Waals surface area contributed by atoms with E-state index in [1.807, 2.05) is 57.2 Å². The molecule has 0 radical (unpaired) electrons. The van der Waals surface area contributed by atoms with E-state index >= 15 is 0 Å². The first-order valence-corrected chi connectivity index (χ1v) is 15.9. The average molecular weight is 645 g/mol. The number of aromatic nitrogens is 2. The van der Waals surface area contributed by atoms with Crippen LogP contribution in [0, 0.1) is 0 Å². The first-order valence-electron chi connectivity index (χ1n) is 15.9. The lowest BCUT2D eigenvalue weighted by molar-refractivity contribution is -0.118. The van der Waals surface area contributed by atoms with Crippen molar-refractivity contribution in [2.45, 2.75) is 64.3 Å². The second-order valence-electron chi connectivity index (χ2n) is 12.8. The molecule has 3 aliphatic heterocycles. The number of fused-ring (bicyclic) bond motifs is 1. The average Bonchev–Trinajstić information content (AvgIpc) is 3.67. The smallest absolute Gasteiger partial charge is 0.415 e. The van der Waals surface area contributed by atoms with Crippen molar-refractivity contribution < 1.29 is 33.3 Å². The molecule has 2 N–H and O–H groups in total. The third kappa shape index (κ3) is 8.09. The molecule has 2 fully saturated rings. The Morgan fingerprint density at radius 2 is 1.96 bits per heavy atom. The van der Waals surface area contributed by atoms with Crippen molar-refractivity contribution in [3.63, 3.8) is 0 Å². The van der Waals surface area contributed by atoms with Crippen LogP contribution < -0.4 is 25.0 Å². The molecule has 5 heterocycles. The third-order valence-electron chi connectivity index (χ3n) is 7.96. The van der Waals surface area contributed by atoms with Crippen molar-refractivity contribution in [1.29, 1.82) is 0 Å². The predicted octanol–water partition coefficient (Wildman–Crippen LogP) is 4.76. The molecule has 0 bridgehead atoms. The van der Waals surface area contributed by atoms with Crippen molar-refractivity contribution in [3.05, 3.63) is 60.2 Å². The van der Waals surface area contributed by atoms with Crippen molar-refractivity contribution in [2.75, 3.05) is 43.1 Å². The lowest BCUT2D eigenvalue weighted by atomic mass is 10.1. The molecule has 0 spiro atoms. The zero-order valence-electron chi connectivity index (χ0n) is 26.9. The summed E-state index contributed by atoms with van der Waals surface area (Å²) in [5.74, 6) is 1.38. The second kappa shape index (κ2) is 13.8. The highest BCUT2D eigenvalue weighted by Crippen LogP contribution is 2.30. The molecule has 0 unspecified atom stereocenters. The minimum absolute atomic E-state index is 0.0554. The van der Waals surface area contributed by atoms with Crippen LogP contribution in [-0.4, -0.2) is 83.6 Å². The fourth-order valence-corrected chi connectivity index (χ4v) is 5.71. The van der Waals surface area contributed by atoms with E-state index in [-0.39, 0.29) is 30.8 Å². The summed E-state index contributed by atoms with van der Waals surface area (Å²) in [5.41, 5.74) is 2.30. The number of carbonyl (C=O) groups excluding carboxylic acids is 3. The molecule has 2 atom stereocenters. The van der Waals surface area contributed by atoms with Gasteiger partial charge in [-0.1, -0.05) is 24.3 Å². The Bertz CT molecular complexity index is 1630. The number of amides is 3. The first-order chi connectivity index (χ1) is 22.6. The molecule has 0 saturated carbocycles. The summed E-state index contributed by atoms with van der Waals surface area (Å²) in [6.07, 6.45) is 1.32. The van der Waals surface area contributed by atoms with Crippen molar-refractivity contribution in [1.82, 2.24) is 20.2 Å². The van der Waals surface area contributed by atoms with Crippen LogP contribution in [-0.2, 0) is 20.8 Å². The molecule has 2 saturated heterocycles. The van der Waals surface area contributed by atoms with Crippen LogP contribution in [0.1, 0.15) is 45.6 Å². The zero-order valence-corrected chi connectivity index (χ0v) is 26.9. The largest absolute Gasteiger partial charge is 0.480 e. The summed E-state index contributed by atoms with van der Waals surface area (Å²) in [6, 6.07) is 17.1. The van der Waals surface area contributed by atoms with Crippen LogP contribution in [0.25, 0.3) is 11.3 Å². The molecule has 13 nitrogen and oxygen atoms in total. The highest BCUT2D eigenvalue weighted by Gasteiger charge is 2.34. The van der Waals surface area contributed by atoms with E-state index in [9.17, 15) is 14.4 Å². The fourth-order valence-electron chi connectivity index (χ4n) is 5.71. The quantitative estimate of drug-likeness (QED) is 0.297. The van der Waals surface area contributed by atoms with Gasteiger partial charge in [-0.25, -0.2) is 19.6 Å². The number of nitrogens with one attached hydrogen (secondary N) is 2. The number of anilines is 2. The molecular formula is C34H40N6O7. The molecule has 2 aromatic heterocycles. The summed E-state index contributed by atoms with van der Waals surface area (Å²) in [7, 11) is 0. The van der Waals surface area contributed by atoms with Crippen LogP contribution in [0.2, 0.25) is 0 Å². The number of hydrogen-bond acceptors (Lipinski definition) is 10. The number of carbonyl (C=O) groups is 3. The van der Waals surface area contributed by atoms with Crippen molar-refractivity contribution in [3.8, 4) is 22.9 Å². The van der Waals surface area contributed by atoms with Gasteiger partial charge in [0.15, 0.2) is 18.2 Å². The Balaban J connectivity index is 0.977. The maximum absolute atomic E-state index is 12.6. The second-order valence-corrected chi connectivity index (χ2v) is 12.8. The summed E-state index contributed by atoms with van der Waals surface area (Å²) in [6.45, 7) is 8.18. The van der Waals surface area contributed by atoms with Gasteiger partial charge in [-0.15, -0.1) is 0 Å². The maximum Gasteiger partial charge on any atom is 0.415 e. The van der Waals surface area contributed by atoms with E-state index < -0.39 is 11.7 Å². The van der Waals surface area contributed by atoms with Crippen LogP contribution >= 0.6 is 0 Å². The number of likely N-dealkylation sites (tertiary alicyclic amines) is 1. The Morgan fingerprint density at radius 3 is 2.81 bits per heavy atom. The normalized spacial score (nSPS) is 19.1. The molecule has 248 valence electrons. The van der Waals surface area contributed by atoms with Gasteiger partial charge in [-0.3, -0.25) is 9.69 Å². The first kappa shape index (κ1) is 32.0. The summed E-state index contributed by atoms with van der Waals surface area (Å²) in [5, 5.41) is 6.10. The monoisotopic (exact) mass is 644 g/mol. The number of nitrogens with zero attached hydrogens (tertiary/aromatic N) is 4. The molecule has 3 aliphatic rings. The molecule has 1 aromatic carbocycles.